The zero-order chi connectivity index (χ0) is 12.0. The standard InChI is InChI=1S/C14H18N2O/c1-9-6-13-12(8-15-9)11-5-4-10(17-3)7-14(11)16(13)2/h4-5,7,9,15H,6,8H2,1-3H3. The number of aromatic nitrogens is 1. The van der Waals surface area contributed by atoms with Gasteiger partial charge in [0.15, 0.2) is 0 Å². The molecule has 90 valence electrons. The number of benzene rings is 1. The highest BCUT2D eigenvalue weighted by molar-refractivity contribution is 5.87. The Morgan fingerprint density at radius 3 is 3.00 bits per heavy atom. The summed E-state index contributed by atoms with van der Waals surface area (Å²) in [5.74, 6) is 0.927. The van der Waals surface area contributed by atoms with Gasteiger partial charge in [0.05, 0.1) is 12.6 Å². The van der Waals surface area contributed by atoms with Gasteiger partial charge in [-0.3, -0.25) is 0 Å². The molecule has 0 fully saturated rings. The van der Waals surface area contributed by atoms with E-state index in [0.29, 0.717) is 6.04 Å². The Hall–Kier alpha value is -1.48. The van der Waals surface area contributed by atoms with E-state index in [1.807, 2.05) is 6.07 Å². The molecule has 0 spiro atoms. The first-order chi connectivity index (χ1) is 8.20. The van der Waals surface area contributed by atoms with Crippen molar-refractivity contribution >= 4 is 10.9 Å². The maximum absolute atomic E-state index is 5.30. The van der Waals surface area contributed by atoms with Crippen molar-refractivity contribution in [3.05, 3.63) is 29.5 Å². The summed E-state index contributed by atoms with van der Waals surface area (Å²) in [4.78, 5) is 0. The predicted octanol–water partition coefficient (Wildman–Crippen LogP) is 2.22. The van der Waals surface area contributed by atoms with Gasteiger partial charge in [0.1, 0.15) is 5.75 Å². The molecule has 1 atom stereocenters. The van der Waals surface area contributed by atoms with Gasteiger partial charge in [-0.2, -0.15) is 0 Å². The molecule has 2 heterocycles. The number of nitrogens with zero attached hydrogens (tertiary/aromatic N) is 1. The second-order valence-corrected chi connectivity index (χ2v) is 4.85. The Kier molecular flexibility index (Phi) is 2.37. The highest BCUT2D eigenvalue weighted by Gasteiger charge is 2.21. The van der Waals surface area contributed by atoms with E-state index in [1.54, 1.807) is 7.11 Å². The second kappa shape index (κ2) is 3.77. The van der Waals surface area contributed by atoms with E-state index in [9.17, 15) is 0 Å². The molecule has 17 heavy (non-hydrogen) atoms. The third-order valence-corrected chi connectivity index (χ3v) is 3.77. The average molecular weight is 230 g/mol. The molecule has 2 aromatic rings. The van der Waals surface area contributed by atoms with Crippen molar-refractivity contribution in [3.8, 4) is 5.75 Å². The maximum Gasteiger partial charge on any atom is 0.120 e. The third kappa shape index (κ3) is 1.53. The SMILES string of the molecule is COc1ccc2c3c(n(C)c2c1)CC(C)NC3. The first-order valence-electron chi connectivity index (χ1n) is 6.08. The van der Waals surface area contributed by atoms with E-state index >= 15 is 0 Å². The second-order valence-electron chi connectivity index (χ2n) is 4.85. The topological polar surface area (TPSA) is 26.2 Å². The Bertz CT molecular complexity index is 571. The number of hydrogen-bond donors (Lipinski definition) is 1. The van der Waals surface area contributed by atoms with Crippen molar-refractivity contribution in [2.75, 3.05) is 7.11 Å². The van der Waals surface area contributed by atoms with Crippen LogP contribution in [0.4, 0.5) is 0 Å². The summed E-state index contributed by atoms with van der Waals surface area (Å²) in [6, 6.07) is 6.90. The largest absolute Gasteiger partial charge is 0.497 e. The molecule has 0 radical (unpaired) electrons. The van der Waals surface area contributed by atoms with Gasteiger partial charge < -0.3 is 14.6 Å². The monoisotopic (exact) mass is 230 g/mol. The molecule has 1 unspecified atom stereocenters. The van der Waals surface area contributed by atoms with Crippen LogP contribution < -0.4 is 10.1 Å². The molecule has 1 aliphatic rings. The summed E-state index contributed by atoms with van der Waals surface area (Å²) in [6.07, 6.45) is 1.10. The number of aryl methyl sites for hydroxylation is 1. The molecule has 0 amide bonds. The molecule has 1 aromatic heterocycles. The number of nitrogens with one attached hydrogen (secondary N) is 1. The van der Waals surface area contributed by atoms with Crippen LogP contribution in [0.3, 0.4) is 0 Å². The minimum atomic E-state index is 0.562. The van der Waals surface area contributed by atoms with Crippen molar-refractivity contribution in [1.82, 2.24) is 9.88 Å². The molecule has 1 aromatic carbocycles. The van der Waals surface area contributed by atoms with Gasteiger partial charge >= 0.3 is 0 Å². The van der Waals surface area contributed by atoms with Crippen LogP contribution in [0.2, 0.25) is 0 Å². The van der Waals surface area contributed by atoms with Crippen molar-refractivity contribution in [3.63, 3.8) is 0 Å². The van der Waals surface area contributed by atoms with E-state index in [0.717, 1.165) is 18.7 Å². The van der Waals surface area contributed by atoms with Gasteiger partial charge in [-0.15, -0.1) is 0 Å². The van der Waals surface area contributed by atoms with Crippen molar-refractivity contribution in [2.24, 2.45) is 7.05 Å². The lowest BCUT2D eigenvalue weighted by Gasteiger charge is -2.21. The van der Waals surface area contributed by atoms with Crippen LogP contribution >= 0.6 is 0 Å². The minimum absolute atomic E-state index is 0.562. The average Bonchev–Trinajstić information content (AvgIpc) is 2.62. The molecule has 1 N–H and O–H groups in total. The molecular formula is C14H18N2O. The van der Waals surface area contributed by atoms with Gasteiger partial charge in [-0.25, -0.2) is 0 Å². The van der Waals surface area contributed by atoms with Crippen LogP contribution in [-0.2, 0) is 20.0 Å². The van der Waals surface area contributed by atoms with Crippen LogP contribution in [0.15, 0.2) is 18.2 Å². The normalized spacial score (nSPS) is 19.4. The molecule has 0 aliphatic carbocycles. The summed E-state index contributed by atoms with van der Waals surface area (Å²) < 4.78 is 7.61. The fraction of sp³-hybridized carbons (Fsp3) is 0.429. The Morgan fingerprint density at radius 1 is 1.41 bits per heavy atom. The molecule has 0 saturated heterocycles. The first kappa shape index (κ1) is 10.7. The third-order valence-electron chi connectivity index (χ3n) is 3.77. The molecule has 0 bridgehead atoms. The Morgan fingerprint density at radius 2 is 2.24 bits per heavy atom. The molecule has 1 aliphatic heterocycles. The van der Waals surface area contributed by atoms with Crippen molar-refractivity contribution in [1.29, 1.82) is 0 Å². The van der Waals surface area contributed by atoms with E-state index < -0.39 is 0 Å². The van der Waals surface area contributed by atoms with Crippen LogP contribution in [0.1, 0.15) is 18.2 Å². The van der Waals surface area contributed by atoms with E-state index in [1.165, 1.54) is 22.2 Å². The fourth-order valence-electron chi connectivity index (χ4n) is 2.77. The highest BCUT2D eigenvalue weighted by atomic mass is 16.5. The quantitative estimate of drug-likeness (QED) is 0.813. The summed E-state index contributed by atoms with van der Waals surface area (Å²) in [5.41, 5.74) is 4.17. The van der Waals surface area contributed by atoms with Crippen LogP contribution in [-0.4, -0.2) is 17.7 Å². The molecular weight excluding hydrogens is 212 g/mol. The van der Waals surface area contributed by atoms with E-state index in [4.69, 9.17) is 4.74 Å². The fourth-order valence-corrected chi connectivity index (χ4v) is 2.77. The smallest absolute Gasteiger partial charge is 0.120 e. The molecule has 3 nitrogen and oxygen atoms in total. The molecule has 0 saturated carbocycles. The van der Waals surface area contributed by atoms with Gasteiger partial charge in [0.2, 0.25) is 0 Å². The Labute approximate surface area is 101 Å². The van der Waals surface area contributed by atoms with Gasteiger partial charge in [-0.05, 0) is 24.6 Å². The van der Waals surface area contributed by atoms with E-state index in [-0.39, 0.29) is 0 Å². The minimum Gasteiger partial charge on any atom is -0.497 e. The summed E-state index contributed by atoms with van der Waals surface area (Å²) >= 11 is 0. The number of ether oxygens (including phenoxy) is 1. The van der Waals surface area contributed by atoms with Crippen LogP contribution in [0, 0.1) is 0 Å². The highest BCUT2D eigenvalue weighted by Crippen LogP contribution is 2.31. The maximum atomic E-state index is 5.30. The number of rotatable bonds is 1. The van der Waals surface area contributed by atoms with Gasteiger partial charge in [-0.1, -0.05) is 0 Å². The summed E-state index contributed by atoms with van der Waals surface area (Å²) in [7, 11) is 3.87. The lowest BCUT2D eigenvalue weighted by molar-refractivity contribution is 0.415. The summed E-state index contributed by atoms with van der Waals surface area (Å²) in [6.45, 7) is 3.21. The number of hydrogen-bond acceptors (Lipinski definition) is 2. The molecule has 3 rings (SSSR count). The predicted molar refractivity (Wildman–Crippen MR) is 69.5 cm³/mol. The van der Waals surface area contributed by atoms with Crippen LogP contribution in [0.25, 0.3) is 10.9 Å². The van der Waals surface area contributed by atoms with Crippen molar-refractivity contribution < 1.29 is 4.74 Å². The number of methoxy groups -OCH3 is 1. The van der Waals surface area contributed by atoms with E-state index in [2.05, 4.69) is 36.0 Å². The Balaban J connectivity index is 2.25. The molecule has 3 heteroatoms. The summed E-state index contributed by atoms with van der Waals surface area (Å²) in [5, 5.41) is 4.88. The van der Waals surface area contributed by atoms with Crippen LogP contribution in [0.5, 0.6) is 5.75 Å². The van der Waals surface area contributed by atoms with Crippen molar-refractivity contribution in [2.45, 2.75) is 25.9 Å². The first-order valence-corrected chi connectivity index (χ1v) is 6.08. The van der Waals surface area contributed by atoms with Gasteiger partial charge in [0, 0.05) is 43.2 Å². The van der Waals surface area contributed by atoms with Gasteiger partial charge in [0.25, 0.3) is 0 Å². The zero-order valence-electron chi connectivity index (χ0n) is 10.6. The number of fused-ring (bicyclic) bond motifs is 3. The zero-order valence-corrected chi connectivity index (χ0v) is 10.6. The lowest BCUT2D eigenvalue weighted by atomic mass is 10.0. The lowest BCUT2D eigenvalue weighted by Crippen LogP contribution is -2.33.